The zero-order valence-electron chi connectivity index (χ0n) is 9.34. The Balaban J connectivity index is 2.50. The van der Waals surface area contributed by atoms with Gasteiger partial charge in [-0.2, -0.15) is 13.2 Å². The number of carbonyl (C=O) groups is 2. The molecule has 0 atom stereocenters. The van der Waals surface area contributed by atoms with Gasteiger partial charge >= 0.3 is 18.1 Å². The molecule has 0 saturated heterocycles. The Morgan fingerprint density at radius 1 is 1.33 bits per heavy atom. The molecule has 0 aliphatic carbocycles. The molecule has 0 aliphatic rings. The van der Waals surface area contributed by atoms with Gasteiger partial charge in [0.2, 0.25) is 0 Å². The number of methoxy groups -OCH3 is 1. The number of hydrogen-bond donors (Lipinski definition) is 1. The highest BCUT2D eigenvalue weighted by molar-refractivity contribution is 7.12. The van der Waals surface area contributed by atoms with Crippen molar-refractivity contribution in [2.75, 3.05) is 7.11 Å². The summed E-state index contributed by atoms with van der Waals surface area (Å²) in [5, 5.41) is 1.75. The molecule has 4 nitrogen and oxygen atoms in total. The van der Waals surface area contributed by atoms with Gasteiger partial charge in [-0.1, -0.05) is 0 Å². The van der Waals surface area contributed by atoms with E-state index in [1.165, 1.54) is 7.11 Å². The number of hydrogen-bond acceptors (Lipinski definition) is 4. The van der Waals surface area contributed by atoms with E-state index >= 15 is 0 Å². The van der Waals surface area contributed by atoms with Crippen molar-refractivity contribution in [2.45, 2.75) is 19.1 Å². The van der Waals surface area contributed by atoms with Crippen LogP contribution in [0.1, 0.15) is 9.75 Å². The van der Waals surface area contributed by atoms with Crippen LogP contribution in [-0.4, -0.2) is 25.2 Å². The Labute approximate surface area is 105 Å². The van der Waals surface area contributed by atoms with Gasteiger partial charge in [-0.05, 0) is 12.1 Å². The number of carbonyl (C=O) groups excluding carboxylic acids is 2. The quantitative estimate of drug-likeness (QED) is 0.854. The molecule has 8 heteroatoms. The summed E-state index contributed by atoms with van der Waals surface area (Å²) in [5.74, 6) is -2.41. The maximum atomic E-state index is 11.9. The Hall–Kier alpha value is -1.57. The minimum atomic E-state index is -4.88. The molecule has 1 rings (SSSR count). The number of esters is 1. The SMILES string of the molecule is COC(=O)Cc1ccc(CNC(=O)C(F)(F)F)s1. The molecule has 0 aromatic carbocycles. The third-order valence-corrected chi connectivity index (χ3v) is 3.03. The first-order chi connectivity index (χ1) is 8.32. The fourth-order valence-corrected chi connectivity index (χ4v) is 2.04. The van der Waals surface area contributed by atoms with Crippen LogP contribution in [0.25, 0.3) is 0 Å². The summed E-state index contributed by atoms with van der Waals surface area (Å²) in [6.45, 7) is -0.218. The molecule has 0 aliphatic heterocycles. The summed E-state index contributed by atoms with van der Waals surface area (Å²) in [7, 11) is 1.25. The second kappa shape index (κ2) is 5.85. The van der Waals surface area contributed by atoms with Gasteiger partial charge < -0.3 is 10.1 Å². The van der Waals surface area contributed by atoms with Crippen LogP contribution < -0.4 is 5.32 Å². The van der Waals surface area contributed by atoms with Crippen molar-refractivity contribution in [3.05, 3.63) is 21.9 Å². The summed E-state index contributed by atoms with van der Waals surface area (Å²) in [5.41, 5.74) is 0. The Kier molecular flexibility index (Phi) is 4.71. The maximum absolute atomic E-state index is 11.9. The van der Waals surface area contributed by atoms with E-state index in [4.69, 9.17) is 0 Å². The molecule has 0 unspecified atom stereocenters. The summed E-state index contributed by atoms with van der Waals surface area (Å²) in [4.78, 5) is 22.7. The number of thiophene rings is 1. The molecule has 1 aromatic heterocycles. The summed E-state index contributed by atoms with van der Waals surface area (Å²) >= 11 is 1.15. The van der Waals surface area contributed by atoms with Crippen molar-refractivity contribution >= 4 is 23.2 Å². The third kappa shape index (κ3) is 4.36. The number of rotatable bonds is 4. The van der Waals surface area contributed by atoms with Crippen LogP contribution in [0.3, 0.4) is 0 Å². The lowest BCUT2D eigenvalue weighted by atomic mass is 10.3. The topological polar surface area (TPSA) is 55.4 Å². The molecule has 1 heterocycles. The van der Waals surface area contributed by atoms with Crippen molar-refractivity contribution < 1.29 is 27.5 Å². The van der Waals surface area contributed by atoms with Gasteiger partial charge in [0.15, 0.2) is 0 Å². The number of nitrogens with one attached hydrogen (secondary N) is 1. The van der Waals surface area contributed by atoms with Gasteiger partial charge in [0.25, 0.3) is 0 Å². The van der Waals surface area contributed by atoms with Crippen molar-refractivity contribution in [1.82, 2.24) is 5.32 Å². The Bertz CT molecular complexity index is 442. The molecule has 0 saturated carbocycles. The summed E-state index contributed by atoms with van der Waals surface area (Å²) in [6.07, 6.45) is -4.82. The average molecular weight is 281 g/mol. The van der Waals surface area contributed by atoms with E-state index in [0.717, 1.165) is 11.3 Å². The molecular formula is C10H10F3NO3S. The van der Waals surface area contributed by atoms with Crippen LogP contribution in [0.15, 0.2) is 12.1 Å². The van der Waals surface area contributed by atoms with Gasteiger partial charge in [0.1, 0.15) is 0 Å². The minimum Gasteiger partial charge on any atom is -0.469 e. The van der Waals surface area contributed by atoms with E-state index < -0.39 is 18.1 Å². The molecule has 1 aromatic rings. The highest BCUT2D eigenvalue weighted by atomic mass is 32.1. The molecule has 100 valence electrons. The first-order valence-corrected chi connectivity index (χ1v) is 5.64. The highest BCUT2D eigenvalue weighted by Crippen LogP contribution is 2.19. The number of alkyl halides is 3. The Morgan fingerprint density at radius 2 is 1.94 bits per heavy atom. The molecule has 0 fully saturated rings. The monoisotopic (exact) mass is 281 g/mol. The average Bonchev–Trinajstić information content (AvgIpc) is 2.72. The van der Waals surface area contributed by atoms with E-state index in [1.807, 2.05) is 0 Å². The van der Waals surface area contributed by atoms with E-state index in [9.17, 15) is 22.8 Å². The second-order valence-electron chi connectivity index (χ2n) is 3.30. The zero-order chi connectivity index (χ0) is 13.8. The Morgan fingerprint density at radius 3 is 2.50 bits per heavy atom. The molecule has 1 amide bonds. The van der Waals surface area contributed by atoms with Crippen LogP contribution >= 0.6 is 11.3 Å². The zero-order valence-corrected chi connectivity index (χ0v) is 10.2. The van der Waals surface area contributed by atoms with Gasteiger partial charge in [-0.25, -0.2) is 0 Å². The fourth-order valence-electron chi connectivity index (χ4n) is 1.09. The van der Waals surface area contributed by atoms with Crippen LogP contribution in [-0.2, 0) is 27.3 Å². The number of amides is 1. The van der Waals surface area contributed by atoms with Gasteiger partial charge in [-0.3, -0.25) is 9.59 Å². The van der Waals surface area contributed by atoms with E-state index in [1.54, 1.807) is 17.4 Å². The lowest BCUT2D eigenvalue weighted by Crippen LogP contribution is -2.36. The first kappa shape index (κ1) is 14.5. The second-order valence-corrected chi connectivity index (χ2v) is 4.55. The van der Waals surface area contributed by atoms with Crippen molar-refractivity contribution in [3.63, 3.8) is 0 Å². The predicted octanol–water partition coefficient (Wildman–Crippen LogP) is 1.64. The number of halogens is 3. The summed E-state index contributed by atoms with van der Waals surface area (Å²) < 4.78 is 40.2. The van der Waals surface area contributed by atoms with Crippen molar-refractivity contribution in [3.8, 4) is 0 Å². The van der Waals surface area contributed by atoms with Gasteiger partial charge in [-0.15, -0.1) is 11.3 Å². The first-order valence-electron chi connectivity index (χ1n) is 4.82. The molecule has 18 heavy (non-hydrogen) atoms. The lowest BCUT2D eigenvalue weighted by Gasteiger charge is -2.06. The van der Waals surface area contributed by atoms with E-state index in [2.05, 4.69) is 4.74 Å². The van der Waals surface area contributed by atoms with Crippen LogP contribution in [0.4, 0.5) is 13.2 Å². The smallest absolute Gasteiger partial charge is 0.469 e. The van der Waals surface area contributed by atoms with Crippen molar-refractivity contribution in [1.29, 1.82) is 0 Å². The standard InChI is InChI=1S/C10H10F3NO3S/c1-17-8(15)4-6-2-3-7(18-6)5-14-9(16)10(11,12)13/h2-3H,4-5H2,1H3,(H,14,16). The van der Waals surface area contributed by atoms with E-state index in [-0.39, 0.29) is 13.0 Å². The minimum absolute atomic E-state index is 0.0639. The lowest BCUT2D eigenvalue weighted by molar-refractivity contribution is -0.173. The largest absolute Gasteiger partial charge is 0.471 e. The van der Waals surface area contributed by atoms with Gasteiger partial charge in [0, 0.05) is 9.75 Å². The van der Waals surface area contributed by atoms with Crippen LogP contribution in [0.2, 0.25) is 0 Å². The normalized spacial score (nSPS) is 11.1. The highest BCUT2D eigenvalue weighted by Gasteiger charge is 2.38. The van der Waals surface area contributed by atoms with Crippen LogP contribution in [0, 0.1) is 0 Å². The fraction of sp³-hybridized carbons (Fsp3) is 0.400. The third-order valence-electron chi connectivity index (χ3n) is 1.94. The molecule has 0 radical (unpaired) electrons. The molecular weight excluding hydrogens is 271 g/mol. The molecule has 0 spiro atoms. The summed E-state index contributed by atoms with van der Waals surface area (Å²) in [6, 6.07) is 3.16. The van der Waals surface area contributed by atoms with Crippen LogP contribution in [0.5, 0.6) is 0 Å². The molecule has 0 bridgehead atoms. The predicted molar refractivity (Wildman–Crippen MR) is 57.9 cm³/mol. The number of ether oxygens (including phenoxy) is 1. The maximum Gasteiger partial charge on any atom is 0.471 e. The molecule has 1 N–H and O–H groups in total. The van der Waals surface area contributed by atoms with E-state index in [0.29, 0.717) is 9.75 Å². The van der Waals surface area contributed by atoms with Crippen molar-refractivity contribution in [2.24, 2.45) is 0 Å². The van der Waals surface area contributed by atoms with Gasteiger partial charge in [0.05, 0.1) is 20.1 Å².